The van der Waals surface area contributed by atoms with Gasteiger partial charge in [-0.3, -0.25) is 4.79 Å². The Balaban J connectivity index is 2.01. The van der Waals surface area contributed by atoms with Gasteiger partial charge in [0, 0.05) is 5.69 Å². The van der Waals surface area contributed by atoms with Gasteiger partial charge in [-0.25, -0.2) is 4.98 Å². The van der Waals surface area contributed by atoms with Crippen LogP contribution in [-0.4, -0.2) is 10.9 Å². The number of benzene rings is 1. The van der Waals surface area contributed by atoms with E-state index in [0.717, 1.165) is 16.9 Å². The number of hydrogen-bond acceptors (Lipinski definition) is 3. The summed E-state index contributed by atoms with van der Waals surface area (Å²) in [5.74, 6) is 0.574. The van der Waals surface area contributed by atoms with E-state index in [0.29, 0.717) is 12.4 Å². The van der Waals surface area contributed by atoms with Crippen LogP contribution in [0.15, 0.2) is 42.5 Å². The molecule has 0 atom stereocenters. The number of nitrogens with two attached hydrogens (primary N) is 1. The quantitative estimate of drug-likeness (QED) is 0.909. The van der Waals surface area contributed by atoms with Gasteiger partial charge in [0.25, 0.3) is 0 Å². The first-order valence-electron chi connectivity index (χ1n) is 6.63. The second kappa shape index (κ2) is 4.34. The molecule has 0 saturated carbocycles. The molecule has 0 unspecified atom stereocenters. The molecule has 0 spiro atoms. The monoisotopic (exact) mass is 267 g/mol. The molecule has 2 heterocycles. The molecule has 0 fully saturated rings. The standard InChI is InChI=1S/C16H17N3O/c1-16(2)12-7-3-4-8-13(12)19(15(16)20)10-11-6-5-9-14(17)18-11/h3-9H,10H2,1-2H3,(H2,17,18). The van der Waals surface area contributed by atoms with Crippen molar-refractivity contribution in [3.8, 4) is 0 Å². The summed E-state index contributed by atoms with van der Waals surface area (Å²) < 4.78 is 0. The van der Waals surface area contributed by atoms with Crippen LogP contribution in [-0.2, 0) is 16.8 Å². The molecular formula is C16H17N3O. The van der Waals surface area contributed by atoms with Crippen molar-refractivity contribution in [3.05, 3.63) is 53.7 Å². The van der Waals surface area contributed by atoms with Crippen molar-refractivity contribution in [2.75, 3.05) is 10.6 Å². The van der Waals surface area contributed by atoms with Crippen LogP contribution in [0.2, 0.25) is 0 Å². The van der Waals surface area contributed by atoms with Gasteiger partial charge in [0.05, 0.1) is 17.7 Å². The minimum absolute atomic E-state index is 0.0999. The number of carbonyl (C=O) groups is 1. The number of nitrogens with zero attached hydrogens (tertiary/aromatic N) is 2. The molecule has 0 saturated heterocycles. The smallest absolute Gasteiger partial charge is 0.237 e. The largest absolute Gasteiger partial charge is 0.384 e. The van der Waals surface area contributed by atoms with Gasteiger partial charge in [-0.1, -0.05) is 24.3 Å². The van der Waals surface area contributed by atoms with Crippen molar-refractivity contribution in [3.63, 3.8) is 0 Å². The van der Waals surface area contributed by atoms with Crippen LogP contribution in [0, 0.1) is 0 Å². The minimum Gasteiger partial charge on any atom is -0.384 e. The fourth-order valence-corrected chi connectivity index (χ4v) is 2.70. The van der Waals surface area contributed by atoms with E-state index in [1.165, 1.54) is 0 Å². The molecule has 102 valence electrons. The second-order valence-electron chi connectivity index (χ2n) is 5.59. The van der Waals surface area contributed by atoms with E-state index in [1.54, 1.807) is 11.0 Å². The third-order valence-corrected chi connectivity index (χ3v) is 3.80. The molecule has 20 heavy (non-hydrogen) atoms. The lowest BCUT2D eigenvalue weighted by Crippen LogP contribution is -2.35. The van der Waals surface area contributed by atoms with Gasteiger partial charge >= 0.3 is 0 Å². The molecule has 0 aliphatic carbocycles. The lowest BCUT2D eigenvalue weighted by molar-refractivity contribution is -0.122. The van der Waals surface area contributed by atoms with Crippen LogP contribution in [0.25, 0.3) is 0 Å². The minimum atomic E-state index is -0.489. The molecule has 3 rings (SSSR count). The summed E-state index contributed by atoms with van der Waals surface area (Å²) >= 11 is 0. The van der Waals surface area contributed by atoms with E-state index in [-0.39, 0.29) is 5.91 Å². The fourth-order valence-electron chi connectivity index (χ4n) is 2.70. The van der Waals surface area contributed by atoms with Gasteiger partial charge < -0.3 is 10.6 Å². The zero-order valence-electron chi connectivity index (χ0n) is 11.6. The third-order valence-electron chi connectivity index (χ3n) is 3.80. The summed E-state index contributed by atoms with van der Waals surface area (Å²) in [4.78, 5) is 18.7. The number of carbonyl (C=O) groups excluding carboxylic acids is 1. The van der Waals surface area contributed by atoms with E-state index in [1.807, 2.05) is 50.2 Å². The summed E-state index contributed by atoms with van der Waals surface area (Å²) in [6.45, 7) is 4.37. The van der Waals surface area contributed by atoms with Crippen molar-refractivity contribution in [1.29, 1.82) is 0 Å². The summed E-state index contributed by atoms with van der Waals surface area (Å²) in [5, 5.41) is 0. The Labute approximate surface area is 118 Å². The number of fused-ring (bicyclic) bond motifs is 1. The topological polar surface area (TPSA) is 59.2 Å². The first-order valence-corrected chi connectivity index (χ1v) is 6.63. The summed E-state index contributed by atoms with van der Waals surface area (Å²) in [6.07, 6.45) is 0. The van der Waals surface area contributed by atoms with E-state index in [4.69, 9.17) is 5.73 Å². The van der Waals surface area contributed by atoms with Gasteiger partial charge in [0.2, 0.25) is 5.91 Å². The van der Waals surface area contributed by atoms with Gasteiger partial charge in [-0.05, 0) is 37.6 Å². The highest BCUT2D eigenvalue weighted by atomic mass is 16.2. The molecule has 1 aliphatic rings. The van der Waals surface area contributed by atoms with Crippen LogP contribution in [0.5, 0.6) is 0 Å². The summed E-state index contributed by atoms with van der Waals surface area (Å²) in [7, 11) is 0. The first-order chi connectivity index (χ1) is 9.50. The molecule has 4 heteroatoms. The Morgan fingerprint density at radius 3 is 2.65 bits per heavy atom. The highest BCUT2D eigenvalue weighted by Gasteiger charge is 2.43. The Kier molecular flexibility index (Phi) is 2.74. The van der Waals surface area contributed by atoms with Gasteiger partial charge in [-0.2, -0.15) is 0 Å². The molecule has 2 N–H and O–H groups in total. The molecule has 1 aromatic carbocycles. The molecular weight excluding hydrogens is 250 g/mol. The van der Waals surface area contributed by atoms with E-state index in [2.05, 4.69) is 4.98 Å². The van der Waals surface area contributed by atoms with Crippen LogP contribution in [0.1, 0.15) is 25.1 Å². The molecule has 0 radical (unpaired) electrons. The molecule has 1 aliphatic heterocycles. The number of nitrogen functional groups attached to an aromatic ring is 1. The highest BCUT2D eigenvalue weighted by Crippen LogP contribution is 2.41. The maximum atomic E-state index is 12.6. The number of aromatic nitrogens is 1. The maximum absolute atomic E-state index is 12.6. The van der Waals surface area contributed by atoms with Crippen molar-refractivity contribution >= 4 is 17.4 Å². The van der Waals surface area contributed by atoms with Gasteiger partial charge in [0.1, 0.15) is 5.82 Å². The van der Waals surface area contributed by atoms with Crippen LogP contribution < -0.4 is 10.6 Å². The number of amides is 1. The van der Waals surface area contributed by atoms with Crippen molar-refractivity contribution in [2.24, 2.45) is 0 Å². The number of rotatable bonds is 2. The Morgan fingerprint density at radius 2 is 1.90 bits per heavy atom. The normalized spacial score (nSPS) is 16.3. The molecule has 1 aromatic heterocycles. The molecule has 0 bridgehead atoms. The van der Waals surface area contributed by atoms with Crippen LogP contribution in [0.3, 0.4) is 0 Å². The van der Waals surface area contributed by atoms with E-state index in [9.17, 15) is 4.79 Å². The van der Waals surface area contributed by atoms with Gasteiger partial charge in [-0.15, -0.1) is 0 Å². The highest BCUT2D eigenvalue weighted by molar-refractivity contribution is 6.07. The summed E-state index contributed by atoms with van der Waals surface area (Å²) in [5.41, 5.74) is 8.04. The SMILES string of the molecule is CC1(C)C(=O)N(Cc2cccc(N)n2)c2ccccc21. The van der Waals surface area contributed by atoms with Crippen molar-refractivity contribution in [2.45, 2.75) is 25.8 Å². The van der Waals surface area contributed by atoms with Crippen molar-refractivity contribution in [1.82, 2.24) is 4.98 Å². The predicted molar refractivity (Wildman–Crippen MR) is 79.3 cm³/mol. The first kappa shape index (κ1) is 12.7. The summed E-state index contributed by atoms with van der Waals surface area (Å²) in [6, 6.07) is 13.4. The number of hydrogen-bond donors (Lipinski definition) is 1. The molecule has 2 aromatic rings. The number of para-hydroxylation sites is 1. The molecule has 1 amide bonds. The van der Waals surface area contributed by atoms with Crippen LogP contribution in [0.4, 0.5) is 11.5 Å². The second-order valence-corrected chi connectivity index (χ2v) is 5.59. The van der Waals surface area contributed by atoms with Crippen LogP contribution >= 0.6 is 0 Å². The predicted octanol–water partition coefficient (Wildman–Crippen LogP) is 2.49. The lowest BCUT2D eigenvalue weighted by atomic mass is 9.86. The lowest BCUT2D eigenvalue weighted by Gasteiger charge is -2.20. The van der Waals surface area contributed by atoms with E-state index >= 15 is 0 Å². The maximum Gasteiger partial charge on any atom is 0.237 e. The van der Waals surface area contributed by atoms with Gasteiger partial charge in [0.15, 0.2) is 0 Å². The zero-order valence-corrected chi connectivity index (χ0v) is 11.6. The fraction of sp³-hybridized carbons (Fsp3) is 0.250. The third kappa shape index (κ3) is 1.84. The Morgan fingerprint density at radius 1 is 1.15 bits per heavy atom. The van der Waals surface area contributed by atoms with E-state index < -0.39 is 5.41 Å². The van der Waals surface area contributed by atoms with Crippen molar-refractivity contribution < 1.29 is 4.79 Å². The number of anilines is 2. The molecule has 4 nitrogen and oxygen atoms in total. The average molecular weight is 267 g/mol. The number of pyridine rings is 1. The Bertz CT molecular complexity index is 679. The average Bonchev–Trinajstić information content (AvgIpc) is 2.61. The zero-order chi connectivity index (χ0) is 14.3. The Hall–Kier alpha value is -2.36.